The van der Waals surface area contributed by atoms with Crippen molar-refractivity contribution in [3.8, 4) is 0 Å². The topological polar surface area (TPSA) is 60.0 Å². The van der Waals surface area contributed by atoms with Crippen LogP contribution in [0.3, 0.4) is 0 Å². The Kier molecular flexibility index (Phi) is 7.47. The second kappa shape index (κ2) is 10.7. The van der Waals surface area contributed by atoms with Crippen LogP contribution in [0.15, 0.2) is 48.7 Å². The second-order valence-electron chi connectivity index (χ2n) is 9.27. The molecule has 1 atom stereocenters. The number of benzene rings is 1. The summed E-state index contributed by atoms with van der Waals surface area (Å²) >= 11 is 0. The first-order valence-corrected chi connectivity index (χ1v) is 12.0. The molecule has 2 saturated heterocycles. The Bertz CT molecular complexity index is 941. The molecule has 7 nitrogen and oxygen atoms in total. The number of pyridine rings is 1. The number of para-hydroxylation sites is 1. The van der Waals surface area contributed by atoms with E-state index in [-0.39, 0.29) is 11.8 Å². The number of carbonyl (C=O) groups excluding carboxylic acids is 2. The minimum Gasteiger partial charge on any atom is -0.377 e. The van der Waals surface area contributed by atoms with Crippen LogP contribution >= 0.6 is 0 Å². The lowest BCUT2D eigenvalue weighted by Gasteiger charge is -2.36. The van der Waals surface area contributed by atoms with Crippen molar-refractivity contribution in [3.05, 3.63) is 54.2 Å². The molecule has 0 spiro atoms. The van der Waals surface area contributed by atoms with Crippen molar-refractivity contribution in [2.45, 2.75) is 25.7 Å². The summed E-state index contributed by atoms with van der Waals surface area (Å²) in [6.07, 6.45) is 5.30. The number of nitrogens with zero attached hydrogens (tertiary/aromatic N) is 5. The number of amides is 2. The van der Waals surface area contributed by atoms with Gasteiger partial charge >= 0.3 is 0 Å². The number of hydrogen-bond acceptors (Lipinski definition) is 5. The molecule has 4 rings (SSSR count). The molecule has 7 heteroatoms. The van der Waals surface area contributed by atoms with Gasteiger partial charge in [-0.3, -0.25) is 9.59 Å². The standard InChI is InChI=1S/C26H35N5O2/c1-28(2)23-10-4-3-9-22(23)26(33)31-15-7-8-21(20-31)12-13-25(32)30-18-16-29(17-19-30)24-11-5-6-14-27-24/h3-6,9-11,14,21H,7-8,12-13,15-20H2,1-2H3/t21-/m0/s1. The molecule has 0 bridgehead atoms. The van der Waals surface area contributed by atoms with E-state index in [1.165, 1.54) is 0 Å². The van der Waals surface area contributed by atoms with Crippen molar-refractivity contribution in [2.75, 3.05) is 63.2 Å². The number of hydrogen-bond donors (Lipinski definition) is 0. The minimum absolute atomic E-state index is 0.0981. The highest BCUT2D eigenvalue weighted by molar-refractivity contribution is 5.99. The van der Waals surface area contributed by atoms with Crippen LogP contribution in [0.25, 0.3) is 0 Å². The molecule has 0 aliphatic carbocycles. The summed E-state index contributed by atoms with van der Waals surface area (Å²) in [7, 11) is 3.93. The number of likely N-dealkylation sites (tertiary alicyclic amines) is 1. The number of piperidine rings is 1. The van der Waals surface area contributed by atoms with Gasteiger partial charge in [0.1, 0.15) is 5.82 Å². The lowest BCUT2D eigenvalue weighted by molar-refractivity contribution is -0.131. The molecule has 33 heavy (non-hydrogen) atoms. The zero-order valence-corrected chi connectivity index (χ0v) is 19.8. The van der Waals surface area contributed by atoms with Gasteiger partial charge < -0.3 is 19.6 Å². The van der Waals surface area contributed by atoms with Gasteiger partial charge in [-0.05, 0) is 49.4 Å². The Morgan fingerprint density at radius 1 is 0.970 bits per heavy atom. The largest absolute Gasteiger partial charge is 0.377 e. The zero-order chi connectivity index (χ0) is 23.2. The maximum Gasteiger partial charge on any atom is 0.255 e. The molecule has 2 aliphatic heterocycles. The highest BCUT2D eigenvalue weighted by Crippen LogP contribution is 2.26. The summed E-state index contributed by atoms with van der Waals surface area (Å²) in [6, 6.07) is 13.7. The molecule has 0 saturated carbocycles. The van der Waals surface area contributed by atoms with Crippen molar-refractivity contribution in [2.24, 2.45) is 5.92 Å². The minimum atomic E-state index is 0.0981. The van der Waals surface area contributed by atoms with Crippen LogP contribution in [0, 0.1) is 5.92 Å². The van der Waals surface area contributed by atoms with E-state index in [1.807, 2.05) is 77.5 Å². The summed E-state index contributed by atoms with van der Waals surface area (Å²) in [5.41, 5.74) is 1.70. The fourth-order valence-electron chi connectivity index (χ4n) is 4.91. The fraction of sp³-hybridized carbons (Fsp3) is 0.500. The van der Waals surface area contributed by atoms with Gasteiger partial charge in [0.25, 0.3) is 5.91 Å². The Labute approximate surface area is 197 Å². The maximum atomic E-state index is 13.2. The first-order valence-electron chi connectivity index (χ1n) is 12.0. The third-order valence-electron chi connectivity index (χ3n) is 6.79. The summed E-state index contributed by atoms with van der Waals surface area (Å²) < 4.78 is 0. The predicted molar refractivity (Wildman–Crippen MR) is 132 cm³/mol. The van der Waals surface area contributed by atoms with Gasteiger partial charge in [-0.2, -0.15) is 0 Å². The molecule has 0 N–H and O–H groups in total. The predicted octanol–water partition coefficient (Wildman–Crippen LogP) is 3.13. The summed E-state index contributed by atoms with van der Waals surface area (Å²) in [4.78, 5) is 38.7. The van der Waals surface area contributed by atoms with Gasteiger partial charge in [0.05, 0.1) is 5.56 Å². The molecule has 0 unspecified atom stereocenters. The third kappa shape index (κ3) is 5.64. The molecule has 2 amide bonds. The normalized spacial score (nSPS) is 18.8. The summed E-state index contributed by atoms with van der Waals surface area (Å²) in [5.74, 6) is 1.69. The first-order chi connectivity index (χ1) is 16.0. The van der Waals surface area contributed by atoms with Gasteiger partial charge in [-0.25, -0.2) is 4.98 Å². The molecule has 2 fully saturated rings. The van der Waals surface area contributed by atoms with E-state index in [2.05, 4.69) is 9.88 Å². The van der Waals surface area contributed by atoms with Crippen molar-refractivity contribution in [3.63, 3.8) is 0 Å². The van der Waals surface area contributed by atoms with Crippen LogP contribution in [-0.2, 0) is 4.79 Å². The van der Waals surface area contributed by atoms with Gasteiger partial charge in [0.2, 0.25) is 5.91 Å². The van der Waals surface area contributed by atoms with E-state index in [4.69, 9.17) is 0 Å². The quantitative estimate of drug-likeness (QED) is 0.678. The molecule has 2 aromatic rings. The van der Waals surface area contributed by atoms with E-state index in [1.54, 1.807) is 0 Å². The molecule has 2 aliphatic rings. The second-order valence-corrected chi connectivity index (χ2v) is 9.27. The van der Waals surface area contributed by atoms with E-state index in [9.17, 15) is 9.59 Å². The van der Waals surface area contributed by atoms with Crippen LogP contribution in [0.2, 0.25) is 0 Å². The van der Waals surface area contributed by atoms with Crippen LogP contribution < -0.4 is 9.80 Å². The maximum absolute atomic E-state index is 13.2. The van der Waals surface area contributed by atoms with Gasteiger partial charge in [0, 0.05) is 71.7 Å². The Morgan fingerprint density at radius 3 is 2.45 bits per heavy atom. The number of rotatable bonds is 6. The SMILES string of the molecule is CN(C)c1ccccc1C(=O)N1CCC[C@@H](CCC(=O)N2CCN(c3ccccn3)CC2)C1. The summed E-state index contributed by atoms with van der Waals surface area (Å²) in [6.45, 7) is 4.65. The zero-order valence-electron chi connectivity index (χ0n) is 19.8. The molecule has 1 aromatic carbocycles. The van der Waals surface area contributed by atoms with E-state index < -0.39 is 0 Å². The van der Waals surface area contributed by atoms with E-state index >= 15 is 0 Å². The van der Waals surface area contributed by atoms with Crippen molar-refractivity contribution >= 4 is 23.3 Å². The molecule has 176 valence electrons. The van der Waals surface area contributed by atoms with Crippen molar-refractivity contribution in [1.82, 2.24) is 14.8 Å². The van der Waals surface area contributed by atoms with Crippen LogP contribution in [0.5, 0.6) is 0 Å². The smallest absolute Gasteiger partial charge is 0.255 e. The highest BCUT2D eigenvalue weighted by atomic mass is 16.2. The lowest BCUT2D eigenvalue weighted by atomic mass is 9.92. The van der Waals surface area contributed by atoms with Gasteiger partial charge in [-0.15, -0.1) is 0 Å². The Balaban J connectivity index is 1.26. The van der Waals surface area contributed by atoms with E-state index in [0.29, 0.717) is 12.3 Å². The summed E-state index contributed by atoms with van der Waals surface area (Å²) in [5, 5.41) is 0. The molecule has 1 aromatic heterocycles. The Hall–Kier alpha value is -3.09. The number of aromatic nitrogens is 1. The van der Waals surface area contributed by atoms with Crippen molar-refractivity contribution < 1.29 is 9.59 Å². The monoisotopic (exact) mass is 449 g/mol. The lowest BCUT2D eigenvalue weighted by Crippen LogP contribution is -2.49. The van der Waals surface area contributed by atoms with Crippen molar-refractivity contribution in [1.29, 1.82) is 0 Å². The van der Waals surface area contributed by atoms with Gasteiger partial charge in [-0.1, -0.05) is 18.2 Å². The fourth-order valence-corrected chi connectivity index (χ4v) is 4.91. The molecule has 0 radical (unpaired) electrons. The van der Waals surface area contributed by atoms with Gasteiger partial charge in [0.15, 0.2) is 0 Å². The average molecular weight is 450 g/mol. The van der Waals surface area contributed by atoms with Crippen LogP contribution in [0.4, 0.5) is 11.5 Å². The molecular formula is C26H35N5O2. The van der Waals surface area contributed by atoms with E-state index in [0.717, 1.165) is 75.6 Å². The number of anilines is 2. The number of carbonyl (C=O) groups is 2. The first kappa shape index (κ1) is 23.1. The number of piperazine rings is 1. The highest BCUT2D eigenvalue weighted by Gasteiger charge is 2.28. The average Bonchev–Trinajstić information content (AvgIpc) is 2.87. The molecular weight excluding hydrogens is 414 g/mol. The molecule has 3 heterocycles. The third-order valence-corrected chi connectivity index (χ3v) is 6.79. The van der Waals surface area contributed by atoms with Crippen LogP contribution in [-0.4, -0.2) is 80.0 Å². The van der Waals surface area contributed by atoms with Crippen LogP contribution in [0.1, 0.15) is 36.0 Å². The Morgan fingerprint density at radius 2 is 1.73 bits per heavy atom.